The van der Waals surface area contributed by atoms with E-state index >= 15 is 0 Å². The summed E-state index contributed by atoms with van der Waals surface area (Å²) < 4.78 is 43.9. The quantitative estimate of drug-likeness (QED) is 0.745. The van der Waals surface area contributed by atoms with Gasteiger partial charge in [-0.3, -0.25) is 4.68 Å². The van der Waals surface area contributed by atoms with E-state index in [1.165, 1.54) is 10.4 Å². The largest absolute Gasteiger partial charge is 0.264 e. The molecule has 1 fully saturated rings. The van der Waals surface area contributed by atoms with Crippen LogP contribution in [-0.4, -0.2) is 35.6 Å². The van der Waals surface area contributed by atoms with Crippen molar-refractivity contribution in [3.8, 4) is 0 Å². The lowest BCUT2D eigenvalue weighted by Gasteiger charge is -2.26. The van der Waals surface area contributed by atoms with Crippen molar-refractivity contribution in [2.45, 2.75) is 44.6 Å². The zero-order chi connectivity index (χ0) is 18.2. The predicted molar refractivity (Wildman–Crippen MR) is 97.5 cm³/mol. The molecule has 0 atom stereocenters. The standard InChI is InChI=1S/C17H21BrFN3O2S/c1-12-17(25(23,24)21-8-4-3-5-9-21)13(2)22(20-12)11-14-6-7-15(18)10-16(14)19/h6-7,10H,3-5,8-9,11H2,1-2H3. The Kier molecular flexibility index (Phi) is 5.31. The summed E-state index contributed by atoms with van der Waals surface area (Å²) in [5, 5.41) is 4.36. The number of nitrogens with zero attached hydrogens (tertiary/aromatic N) is 3. The molecule has 2 aromatic rings. The number of benzene rings is 1. The third kappa shape index (κ3) is 3.66. The van der Waals surface area contributed by atoms with Crippen LogP contribution in [0.15, 0.2) is 27.6 Å². The molecule has 0 aliphatic carbocycles. The number of aryl methyl sites for hydroxylation is 1. The number of hydrogen-bond acceptors (Lipinski definition) is 3. The Balaban J connectivity index is 1.95. The highest BCUT2D eigenvalue weighted by Gasteiger charge is 2.31. The first-order chi connectivity index (χ1) is 11.8. The minimum Gasteiger partial charge on any atom is -0.264 e. The second-order valence-corrected chi connectivity index (χ2v) is 9.15. The Morgan fingerprint density at radius 3 is 2.52 bits per heavy atom. The maximum absolute atomic E-state index is 14.1. The van der Waals surface area contributed by atoms with E-state index in [0.29, 0.717) is 34.5 Å². The van der Waals surface area contributed by atoms with Crippen molar-refractivity contribution in [2.24, 2.45) is 0 Å². The molecule has 0 bridgehead atoms. The van der Waals surface area contributed by atoms with Gasteiger partial charge < -0.3 is 0 Å². The Bertz CT molecular complexity index is 890. The maximum atomic E-state index is 14.1. The van der Waals surface area contributed by atoms with Crippen LogP contribution in [0.1, 0.15) is 36.2 Å². The minimum atomic E-state index is -3.56. The zero-order valence-corrected chi connectivity index (χ0v) is 16.7. The van der Waals surface area contributed by atoms with Gasteiger partial charge in [-0.15, -0.1) is 0 Å². The summed E-state index contributed by atoms with van der Waals surface area (Å²) in [5.74, 6) is -0.345. The van der Waals surface area contributed by atoms with E-state index in [1.807, 2.05) is 0 Å². The monoisotopic (exact) mass is 429 g/mol. The fourth-order valence-corrected chi connectivity index (χ4v) is 5.48. The summed E-state index contributed by atoms with van der Waals surface area (Å²) >= 11 is 3.23. The Morgan fingerprint density at radius 2 is 1.88 bits per heavy atom. The van der Waals surface area contributed by atoms with Gasteiger partial charge in [-0.2, -0.15) is 9.40 Å². The Hall–Kier alpha value is -1.25. The van der Waals surface area contributed by atoms with Crippen LogP contribution in [0.5, 0.6) is 0 Å². The van der Waals surface area contributed by atoms with Gasteiger partial charge in [0, 0.05) is 23.1 Å². The van der Waals surface area contributed by atoms with Crippen LogP contribution in [0.25, 0.3) is 0 Å². The first kappa shape index (κ1) is 18.5. The molecule has 5 nitrogen and oxygen atoms in total. The molecule has 0 spiro atoms. The highest BCUT2D eigenvalue weighted by atomic mass is 79.9. The normalized spacial score (nSPS) is 16.3. The molecule has 0 radical (unpaired) electrons. The first-order valence-corrected chi connectivity index (χ1v) is 10.5. The molecule has 1 aliphatic rings. The van der Waals surface area contributed by atoms with Gasteiger partial charge in [0.2, 0.25) is 10.0 Å². The third-order valence-corrected chi connectivity index (χ3v) is 7.21. The maximum Gasteiger partial charge on any atom is 0.246 e. The lowest BCUT2D eigenvalue weighted by atomic mass is 10.2. The lowest BCUT2D eigenvalue weighted by molar-refractivity contribution is 0.346. The van der Waals surface area contributed by atoms with Gasteiger partial charge in [0.15, 0.2) is 0 Å². The van der Waals surface area contributed by atoms with Crippen LogP contribution in [0, 0.1) is 19.7 Å². The van der Waals surface area contributed by atoms with Crippen molar-refractivity contribution >= 4 is 26.0 Å². The molecular formula is C17H21BrFN3O2S. The molecule has 3 rings (SSSR count). The van der Waals surface area contributed by atoms with Crippen LogP contribution in [0.2, 0.25) is 0 Å². The number of hydrogen-bond donors (Lipinski definition) is 0. The molecule has 25 heavy (non-hydrogen) atoms. The van der Waals surface area contributed by atoms with Gasteiger partial charge in [-0.1, -0.05) is 28.4 Å². The fourth-order valence-electron chi connectivity index (χ4n) is 3.25. The van der Waals surface area contributed by atoms with E-state index in [4.69, 9.17) is 0 Å². The average Bonchev–Trinajstić information content (AvgIpc) is 2.85. The molecular weight excluding hydrogens is 409 g/mol. The number of piperidine rings is 1. The van der Waals surface area contributed by atoms with Gasteiger partial charge in [-0.05, 0) is 38.8 Å². The second-order valence-electron chi connectivity index (χ2n) is 6.36. The molecule has 1 aliphatic heterocycles. The van der Waals surface area contributed by atoms with Gasteiger partial charge in [-0.25, -0.2) is 12.8 Å². The Labute approximate surface area is 156 Å². The van der Waals surface area contributed by atoms with Crippen molar-refractivity contribution < 1.29 is 12.8 Å². The second kappa shape index (κ2) is 7.17. The molecule has 8 heteroatoms. The molecule has 0 N–H and O–H groups in total. The van der Waals surface area contributed by atoms with Crippen molar-refractivity contribution in [3.05, 3.63) is 45.4 Å². The number of aromatic nitrogens is 2. The fraction of sp³-hybridized carbons (Fsp3) is 0.471. The molecule has 1 aromatic heterocycles. The molecule has 0 amide bonds. The van der Waals surface area contributed by atoms with Crippen LogP contribution in [0.3, 0.4) is 0 Å². The van der Waals surface area contributed by atoms with Crippen molar-refractivity contribution in [3.63, 3.8) is 0 Å². The van der Waals surface area contributed by atoms with Crippen molar-refractivity contribution in [2.75, 3.05) is 13.1 Å². The average molecular weight is 430 g/mol. The van der Waals surface area contributed by atoms with E-state index < -0.39 is 10.0 Å². The molecule has 1 aromatic carbocycles. The van der Waals surface area contributed by atoms with Crippen LogP contribution in [-0.2, 0) is 16.6 Å². The third-order valence-electron chi connectivity index (χ3n) is 4.56. The number of rotatable bonds is 4. The molecule has 1 saturated heterocycles. The lowest BCUT2D eigenvalue weighted by Crippen LogP contribution is -2.36. The molecule has 0 unspecified atom stereocenters. The smallest absolute Gasteiger partial charge is 0.246 e. The summed E-state index contributed by atoms with van der Waals surface area (Å²) in [6.45, 7) is 4.72. The van der Waals surface area contributed by atoms with Crippen molar-refractivity contribution in [1.29, 1.82) is 0 Å². The number of sulfonamides is 1. The van der Waals surface area contributed by atoms with Gasteiger partial charge >= 0.3 is 0 Å². The zero-order valence-electron chi connectivity index (χ0n) is 14.3. The van der Waals surface area contributed by atoms with Gasteiger partial charge in [0.05, 0.1) is 17.9 Å². The SMILES string of the molecule is Cc1nn(Cc2ccc(Br)cc2F)c(C)c1S(=O)(=O)N1CCCCC1. The summed E-state index contributed by atoms with van der Waals surface area (Å²) in [6.07, 6.45) is 2.83. The summed E-state index contributed by atoms with van der Waals surface area (Å²) in [6, 6.07) is 4.83. The van der Waals surface area contributed by atoms with E-state index in [-0.39, 0.29) is 17.3 Å². The molecule has 2 heterocycles. The molecule has 0 saturated carbocycles. The first-order valence-electron chi connectivity index (χ1n) is 8.29. The highest BCUT2D eigenvalue weighted by Crippen LogP contribution is 2.27. The number of halogens is 2. The topological polar surface area (TPSA) is 55.2 Å². The van der Waals surface area contributed by atoms with E-state index in [2.05, 4.69) is 21.0 Å². The van der Waals surface area contributed by atoms with Crippen LogP contribution >= 0.6 is 15.9 Å². The van der Waals surface area contributed by atoms with Crippen LogP contribution < -0.4 is 0 Å². The van der Waals surface area contributed by atoms with E-state index in [0.717, 1.165) is 19.3 Å². The summed E-state index contributed by atoms with van der Waals surface area (Å²) in [5.41, 5.74) is 1.47. The molecule has 136 valence electrons. The predicted octanol–water partition coefficient (Wildman–Crippen LogP) is 3.62. The van der Waals surface area contributed by atoms with Gasteiger partial charge in [0.25, 0.3) is 0 Å². The Morgan fingerprint density at radius 1 is 1.20 bits per heavy atom. The summed E-state index contributed by atoms with van der Waals surface area (Å²) in [4.78, 5) is 0.256. The van der Waals surface area contributed by atoms with E-state index in [9.17, 15) is 12.8 Å². The van der Waals surface area contributed by atoms with E-state index in [1.54, 1.807) is 30.7 Å². The van der Waals surface area contributed by atoms with Gasteiger partial charge in [0.1, 0.15) is 10.7 Å². The summed E-state index contributed by atoms with van der Waals surface area (Å²) in [7, 11) is -3.56. The van der Waals surface area contributed by atoms with Crippen molar-refractivity contribution in [1.82, 2.24) is 14.1 Å². The van der Waals surface area contributed by atoms with Crippen LogP contribution in [0.4, 0.5) is 4.39 Å². The highest BCUT2D eigenvalue weighted by molar-refractivity contribution is 9.10. The minimum absolute atomic E-state index is 0.196.